The molecule has 148 valence electrons. The molecule has 0 aliphatic carbocycles. The minimum atomic E-state index is -0.539. The Morgan fingerprint density at radius 3 is 2.62 bits per heavy atom. The van der Waals surface area contributed by atoms with Crippen molar-refractivity contribution >= 4 is 16.6 Å². The zero-order valence-electron chi connectivity index (χ0n) is 16.4. The van der Waals surface area contributed by atoms with Gasteiger partial charge in [0, 0.05) is 34.3 Å². The summed E-state index contributed by atoms with van der Waals surface area (Å²) in [6.45, 7) is 3.75. The highest BCUT2D eigenvalue weighted by Crippen LogP contribution is 2.29. The number of aromatic nitrogens is 1. The van der Waals surface area contributed by atoms with E-state index < -0.39 is 5.82 Å². The van der Waals surface area contributed by atoms with Crippen LogP contribution in [-0.2, 0) is 6.61 Å². The Morgan fingerprint density at radius 2 is 2.00 bits per heavy atom. The molecule has 0 aliphatic heterocycles. The molecule has 6 heteroatoms. The van der Waals surface area contributed by atoms with E-state index in [0.717, 1.165) is 5.56 Å². The second kappa shape index (κ2) is 8.80. The van der Waals surface area contributed by atoms with Crippen molar-refractivity contribution in [3.8, 4) is 11.8 Å². The van der Waals surface area contributed by atoms with Gasteiger partial charge in [-0.1, -0.05) is 19.1 Å². The molecule has 0 unspecified atom stereocenters. The molecule has 5 nitrogen and oxygen atoms in total. The number of aliphatic hydroxyl groups excluding tert-OH is 1. The van der Waals surface area contributed by atoms with E-state index in [2.05, 4.69) is 11.1 Å². The Balaban J connectivity index is 1.94. The molecule has 0 radical (unpaired) electrons. The highest BCUT2D eigenvalue weighted by atomic mass is 19.1. The lowest BCUT2D eigenvalue weighted by atomic mass is 9.92. The number of fused-ring (bicyclic) bond motifs is 1. The Morgan fingerprint density at radius 1 is 1.28 bits per heavy atom. The summed E-state index contributed by atoms with van der Waals surface area (Å²) in [5.41, 5.74) is 3.45. The normalized spacial score (nSPS) is 11.8. The van der Waals surface area contributed by atoms with Gasteiger partial charge >= 0.3 is 0 Å². The molecule has 0 spiro atoms. The number of aryl methyl sites for hydroxylation is 1. The average molecular weight is 391 g/mol. The number of rotatable bonds is 7. The van der Waals surface area contributed by atoms with E-state index in [-0.39, 0.29) is 30.6 Å². The number of halogens is 1. The lowest BCUT2D eigenvalue weighted by Crippen LogP contribution is -2.18. The number of nitrogens with one attached hydrogen (secondary N) is 1. The monoisotopic (exact) mass is 391 g/mol. The molecule has 1 heterocycles. The van der Waals surface area contributed by atoms with Crippen LogP contribution >= 0.6 is 0 Å². The maximum absolute atomic E-state index is 14.7. The molecular weight excluding hydrogens is 369 g/mol. The van der Waals surface area contributed by atoms with Gasteiger partial charge in [-0.3, -0.25) is 4.98 Å². The number of hydrogen-bond donors (Lipinski definition) is 2. The number of hydrogen-bond acceptors (Lipinski definition) is 5. The Bertz CT molecular complexity index is 1080. The van der Waals surface area contributed by atoms with Crippen LogP contribution in [0.4, 0.5) is 4.39 Å². The number of aliphatic hydroxyl groups is 1. The molecule has 0 saturated carbocycles. The van der Waals surface area contributed by atoms with Crippen LogP contribution in [0.2, 0.25) is 0 Å². The fourth-order valence-electron chi connectivity index (χ4n) is 3.17. The molecule has 0 saturated heterocycles. The van der Waals surface area contributed by atoms with Crippen molar-refractivity contribution in [1.29, 1.82) is 10.7 Å². The maximum atomic E-state index is 14.7. The van der Waals surface area contributed by atoms with Gasteiger partial charge in [0.2, 0.25) is 0 Å². The molecule has 1 aromatic heterocycles. The number of nitrogens with zero attached hydrogens (tertiary/aromatic N) is 2. The van der Waals surface area contributed by atoms with E-state index in [4.69, 9.17) is 15.4 Å². The second-order valence-electron chi connectivity index (χ2n) is 6.91. The van der Waals surface area contributed by atoms with Crippen molar-refractivity contribution in [2.24, 2.45) is 5.92 Å². The quantitative estimate of drug-likeness (QED) is 0.580. The van der Waals surface area contributed by atoms with Crippen LogP contribution in [0, 0.1) is 35.4 Å². The zero-order valence-corrected chi connectivity index (χ0v) is 16.4. The van der Waals surface area contributed by atoms with Crippen LogP contribution in [0.3, 0.4) is 0 Å². The standard InChI is InChI=1S/C23H22FN3O2/c1-3-17(12-28)23(26)19-8-14(2)27-21-10-22(20(24)9-18(19)21)29-13-16-6-4-15(11-25)5-7-16/h4-10,17,26,28H,3,12-13H2,1-2H3/t17-/m1/s1. The molecule has 0 aliphatic rings. The number of benzene rings is 2. The van der Waals surface area contributed by atoms with E-state index in [0.29, 0.717) is 34.1 Å². The van der Waals surface area contributed by atoms with Crippen molar-refractivity contribution in [2.45, 2.75) is 26.9 Å². The van der Waals surface area contributed by atoms with Crippen molar-refractivity contribution in [3.05, 3.63) is 70.7 Å². The predicted molar refractivity (Wildman–Crippen MR) is 110 cm³/mol. The number of nitriles is 1. The molecule has 1 atom stereocenters. The molecule has 0 amide bonds. The third-order valence-corrected chi connectivity index (χ3v) is 4.88. The van der Waals surface area contributed by atoms with Crippen LogP contribution in [0.5, 0.6) is 5.75 Å². The summed E-state index contributed by atoms with van der Waals surface area (Å²) in [6.07, 6.45) is 0.618. The van der Waals surface area contributed by atoms with Gasteiger partial charge in [-0.15, -0.1) is 0 Å². The van der Waals surface area contributed by atoms with Gasteiger partial charge in [0.05, 0.1) is 23.8 Å². The molecule has 2 aromatic carbocycles. The van der Waals surface area contributed by atoms with Gasteiger partial charge in [-0.25, -0.2) is 4.39 Å². The van der Waals surface area contributed by atoms with E-state index in [9.17, 15) is 9.50 Å². The van der Waals surface area contributed by atoms with Crippen LogP contribution in [0.1, 0.15) is 35.7 Å². The van der Waals surface area contributed by atoms with Gasteiger partial charge in [0.15, 0.2) is 11.6 Å². The maximum Gasteiger partial charge on any atom is 0.165 e. The minimum absolute atomic E-state index is 0.0756. The van der Waals surface area contributed by atoms with Crippen LogP contribution in [-0.4, -0.2) is 22.4 Å². The third kappa shape index (κ3) is 4.41. The summed E-state index contributed by atoms with van der Waals surface area (Å²) in [7, 11) is 0. The van der Waals surface area contributed by atoms with E-state index in [1.165, 1.54) is 12.1 Å². The first kappa shape index (κ1) is 20.4. The summed E-state index contributed by atoms with van der Waals surface area (Å²) in [5.74, 6) is -0.773. The Kier molecular flexibility index (Phi) is 6.20. The summed E-state index contributed by atoms with van der Waals surface area (Å²) >= 11 is 0. The molecule has 2 N–H and O–H groups in total. The number of pyridine rings is 1. The van der Waals surface area contributed by atoms with Crippen molar-refractivity contribution in [1.82, 2.24) is 4.98 Å². The topological polar surface area (TPSA) is 90.0 Å². The highest BCUT2D eigenvalue weighted by molar-refractivity contribution is 6.10. The first-order valence-corrected chi connectivity index (χ1v) is 9.39. The molecule has 0 bridgehead atoms. The smallest absolute Gasteiger partial charge is 0.165 e. The lowest BCUT2D eigenvalue weighted by molar-refractivity contribution is 0.258. The molecule has 0 fully saturated rings. The Labute approximate surface area is 168 Å². The van der Waals surface area contributed by atoms with Gasteiger partial charge in [0.25, 0.3) is 0 Å². The van der Waals surface area contributed by atoms with E-state index in [1.807, 2.05) is 13.8 Å². The molecule has 29 heavy (non-hydrogen) atoms. The summed E-state index contributed by atoms with van der Waals surface area (Å²) in [6, 6.07) is 13.6. The van der Waals surface area contributed by atoms with Gasteiger partial charge in [0.1, 0.15) is 6.61 Å². The average Bonchev–Trinajstić information content (AvgIpc) is 2.73. The van der Waals surface area contributed by atoms with Crippen molar-refractivity contribution in [2.75, 3.05) is 6.61 Å². The fourth-order valence-corrected chi connectivity index (χ4v) is 3.17. The van der Waals surface area contributed by atoms with Crippen LogP contribution in [0.15, 0.2) is 42.5 Å². The molecule has 3 rings (SSSR count). The predicted octanol–water partition coefficient (Wildman–Crippen LogP) is 4.52. The summed E-state index contributed by atoms with van der Waals surface area (Å²) < 4.78 is 20.4. The number of ether oxygens (including phenoxy) is 1. The zero-order chi connectivity index (χ0) is 21.0. The SMILES string of the molecule is CC[C@H](CO)C(=N)c1cc(C)nc2cc(OCc3ccc(C#N)cc3)c(F)cc12. The fraction of sp³-hybridized carbons (Fsp3) is 0.261. The summed E-state index contributed by atoms with van der Waals surface area (Å²) in [5, 5.41) is 27.4. The minimum Gasteiger partial charge on any atom is -0.486 e. The highest BCUT2D eigenvalue weighted by Gasteiger charge is 2.19. The third-order valence-electron chi connectivity index (χ3n) is 4.88. The van der Waals surface area contributed by atoms with Gasteiger partial charge in [-0.05, 0) is 43.2 Å². The molecular formula is C23H22FN3O2. The first-order chi connectivity index (χ1) is 14.0. The summed E-state index contributed by atoms with van der Waals surface area (Å²) in [4.78, 5) is 4.47. The van der Waals surface area contributed by atoms with Crippen molar-refractivity contribution < 1.29 is 14.2 Å². The van der Waals surface area contributed by atoms with Crippen molar-refractivity contribution in [3.63, 3.8) is 0 Å². The van der Waals surface area contributed by atoms with Gasteiger partial charge in [-0.2, -0.15) is 5.26 Å². The van der Waals surface area contributed by atoms with Gasteiger partial charge < -0.3 is 15.3 Å². The Hall–Kier alpha value is -3.30. The first-order valence-electron chi connectivity index (χ1n) is 9.39. The molecule has 3 aromatic rings. The second-order valence-corrected chi connectivity index (χ2v) is 6.91. The largest absolute Gasteiger partial charge is 0.486 e. The van der Waals surface area contributed by atoms with Crippen LogP contribution in [0.25, 0.3) is 10.9 Å². The van der Waals surface area contributed by atoms with Crippen LogP contribution < -0.4 is 4.74 Å². The lowest BCUT2D eigenvalue weighted by Gasteiger charge is -2.17. The van der Waals surface area contributed by atoms with E-state index >= 15 is 0 Å². The van der Waals surface area contributed by atoms with E-state index in [1.54, 1.807) is 30.3 Å².